The van der Waals surface area contributed by atoms with E-state index < -0.39 is 57.9 Å². The van der Waals surface area contributed by atoms with Gasteiger partial charge in [-0.2, -0.15) is 26.3 Å². The van der Waals surface area contributed by atoms with Crippen LogP contribution in [0.2, 0.25) is 0 Å². The number of anilines is 1. The molecule has 0 aliphatic carbocycles. The minimum Gasteiger partial charge on any atom is -0.324 e. The van der Waals surface area contributed by atoms with E-state index in [1.165, 1.54) is 24.1 Å². The van der Waals surface area contributed by atoms with E-state index in [-0.39, 0.29) is 18.0 Å². The summed E-state index contributed by atoms with van der Waals surface area (Å²) in [5.74, 6) is 0.478. The van der Waals surface area contributed by atoms with Gasteiger partial charge >= 0.3 is 18.4 Å². The second kappa shape index (κ2) is 11.7. The summed E-state index contributed by atoms with van der Waals surface area (Å²) >= 11 is 0. The third-order valence-corrected chi connectivity index (χ3v) is 9.21. The molecule has 2 aromatic carbocycles. The van der Waals surface area contributed by atoms with Gasteiger partial charge in [-0.05, 0) is 55.2 Å². The third-order valence-electron chi connectivity index (χ3n) is 7.83. The number of likely N-dealkylation sites (tertiary alicyclic amines) is 1. The smallest absolute Gasteiger partial charge is 0.324 e. The number of hydrogen-bond acceptors (Lipinski definition) is 3. The van der Waals surface area contributed by atoms with E-state index in [1.807, 2.05) is 0 Å². The second-order valence-electron chi connectivity index (χ2n) is 10.3. The summed E-state index contributed by atoms with van der Waals surface area (Å²) in [6, 6.07) is 5.90. The van der Waals surface area contributed by atoms with Gasteiger partial charge in [-0.15, -0.1) is 0 Å². The minimum absolute atomic E-state index is 0.0205. The number of rotatable bonds is 4. The molecule has 0 spiro atoms. The Labute approximate surface area is 230 Å². The highest BCUT2D eigenvalue weighted by atomic mass is 32.2. The molecule has 2 aliphatic heterocycles. The number of carbonyl (C=O) groups is 1. The van der Waals surface area contributed by atoms with Crippen LogP contribution in [0.4, 0.5) is 41.2 Å². The first-order valence-electron chi connectivity index (χ1n) is 12.8. The van der Waals surface area contributed by atoms with Crippen molar-refractivity contribution in [3.05, 3.63) is 65.0 Å². The topological polar surface area (TPSA) is 43.9 Å². The van der Waals surface area contributed by atoms with E-state index in [0.29, 0.717) is 43.1 Å². The Kier molecular flexibility index (Phi) is 8.84. The Morgan fingerprint density at radius 2 is 1.45 bits per heavy atom. The van der Waals surface area contributed by atoms with Crippen LogP contribution in [-0.4, -0.2) is 70.8 Å². The summed E-state index contributed by atoms with van der Waals surface area (Å²) in [4.78, 5) is 17.9. The van der Waals surface area contributed by atoms with E-state index in [4.69, 9.17) is 0 Å². The molecular formula is C27H30F7N3O2S. The molecule has 5 nitrogen and oxygen atoms in total. The number of carbonyl (C=O) groups excluding carboxylic acids is 1. The Morgan fingerprint density at radius 1 is 0.900 bits per heavy atom. The average Bonchev–Trinajstić information content (AvgIpc) is 2.91. The summed E-state index contributed by atoms with van der Waals surface area (Å²) in [7, 11) is 1.77. The minimum atomic E-state index is -5.04. The van der Waals surface area contributed by atoms with Crippen LogP contribution in [0.15, 0.2) is 42.5 Å². The van der Waals surface area contributed by atoms with Gasteiger partial charge in [-0.25, -0.2) is 9.18 Å². The van der Waals surface area contributed by atoms with Crippen LogP contribution in [0.5, 0.6) is 0 Å². The Bertz CT molecular complexity index is 1190. The van der Waals surface area contributed by atoms with Gasteiger partial charge in [0.15, 0.2) is 0 Å². The first-order chi connectivity index (χ1) is 18.6. The van der Waals surface area contributed by atoms with Gasteiger partial charge in [-0.1, -0.05) is 12.1 Å². The molecule has 4 rings (SSSR count). The van der Waals surface area contributed by atoms with Crippen molar-refractivity contribution in [2.75, 3.05) is 43.6 Å². The molecule has 40 heavy (non-hydrogen) atoms. The molecule has 2 aromatic rings. The quantitative estimate of drug-likeness (QED) is 0.402. The SMILES string of the molecule is CN(C(=O)N(C)[C@@H]1CCN(C2CCS(=O)CC2)C[C@H]1c1ccc(F)cc1)c1cc(C(F)(F)F)cc(C(F)(F)F)c1. The maximum atomic E-state index is 13.7. The van der Waals surface area contributed by atoms with Crippen LogP contribution < -0.4 is 4.90 Å². The Balaban J connectivity index is 1.61. The largest absolute Gasteiger partial charge is 0.416 e. The normalized spacial score (nSPS) is 24.5. The van der Waals surface area contributed by atoms with Crippen molar-refractivity contribution >= 4 is 22.5 Å². The maximum absolute atomic E-state index is 13.7. The molecule has 2 heterocycles. The molecule has 0 aromatic heterocycles. The van der Waals surface area contributed by atoms with Gasteiger partial charge < -0.3 is 4.90 Å². The van der Waals surface area contributed by atoms with Crippen LogP contribution in [0.1, 0.15) is 41.9 Å². The zero-order chi connectivity index (χ0) is 29.4. The maximum Gasteiger partial charge on any atom is 0.416 e. The van der Waals surface area contributed by atoms with Crippen molar-refractivity contribution in [1.82, 2.24) is 9.80 Å². The zero-order valence-corrected chi connectivity index (χ0v) is 22.8. The zero-order valence-electron chi connectivity index (χ0n) is 21.9. The first kappa shape index (κ1) is 30.3. The lowest BCUT2D eigenvalue weighted by atomic mass is 9.84. The van der Waals surface area contributed by atoms with Crippen molar-refractivity contribution in [3.8, 4) is 0 Å². The summed E-state index contributed by atoms with van der Waals surface area (Å²) in [5, 5.41) is 0. The summed E-state index contributed by atoms with van der Waals surface area (Å²) in [5.41, 5.74) is -2.79. The van der Waals surface area contributed by atoms with E-state index in [1.54, 1.807) is 12.1 Å². The molecule has 0 saturated carbocycles. The number of nitrogens with zero attached hydrogens (tertiary/aromatic N) is 3. The van der Waals surface area contributed by atoms with Crippen molar-refractivity contribution in [2.24, 2.45) is 0 Å². The number of piperidine rings is 1. The number of hydrogen-bond donors (Lipinski definition) is 0. The number of benzene rings is 2. The molecule has 0 radical (unpaired) electrons. The van der Waals surface area contributed by atoms with Gasteiger partial charge in [0.1, 0.15) is 5.82 Å². The predicted molar refractivity (Wildman–Crippen MR) is 138 cm³/mol. The fourth-order valence-electron chi connectivity index (χ4n) is 5.57. The summed E-state index contributed by atoms with van der Waals surface area (Å²) in [6.07, 6.45) is -8.08. The number of urea groups is 1. The van der Waals surface area contributed by atoms with Crippen LogP contribution in [0.25, 0.3) is 0 Å². The van der Waals surface area contributed by atoms with Crippen LogP contribution in [-0.2, 0) is 23.2 Å². The predicted octanol–water partition coefficient (Wildman–Crippen LogP) is 6.12. The van der Waals surface area contributed by atoms with Crippen LogP contribution in [0.3, 0.4) is 0 Å². The molecule has 2 saturated heterocycles. The lowest BCUT2D eigenvalue weighted by Crippen LogP contribution is -2.55. The van der Waals surface area contributed by atoms with Gasteiger partial charge in [0, 0.05) is 73.2 Å². The number of alkyl halides is 6. The number of halogens is 7. The van der Waals surface area contributed by atoms with Crippen molar-refractivity contribution in [2.45, 2.75) is 49.6 Å². The fourth-order valence-corrected chi connectivity index (χ4v) is 6.84. The van der Waals surface area contributed by atoms with Gasteiger partial charge in [-0.3, -0.25) is 14.0 Å². The van der Waals surface area contributed by atoms with Crippen molar-refractivity contribution in [3.63, 3.8) is 0 Å². The number of likely N-dealkylation sites (N-methyl/N-ethyl adjacent to an activating group) is 1. The Hall–Kier alpha value is -2.67. The summed E-state index contributed by atoms with van der Waals surface area (Å²) in [6.45, 7) is 1.11. The van der Waals surface area contributed by atoms with Crippen molar-refractivity contribution < 1.29 is 39.7 Å². The molecule has 2 atom stereocenters. The molecule has 2 fully saturated rings. The lowest BCUT2D eigenvalue weighted by Gasteiger charge is -2.46. The lowest BCUT2D eigenvalue weighted by molar-refractivity contribution is -0.143. The highest BCUT2D eigenvalue weighted by Crippen LogP contribution is 2.39. The van der Waals surface area contributed by atoms with E-state index >= 15 is 0 Å². The molecule has 0 unspecified atom stereocenters. The molecule has 220 valence electrons. The molecule has 0 N–H and O–H groups in total. The molecule has 2 amide bonds. The van der Waals surface area contributed by atoms with Gasteiger partial charge in [0.05, 0.1) is 11.1 Å². The second-order valence-corrected chi connectivity index (χ2v) is 12.0. The van der Waals surface area contributed by atoms with Crippen LogP contribution in [0, 0.1) is 5.82 Å². The standard InChI is InChI=1S/C27H30F7N3O2S/c1-35(22-14-18(26(29,30)31)13-19(15-22)27(32,33)34)25(38)36(2)24-7-10-37(21-8-11-40(39)12-9-21)16-23(24)17-3-5-20(28)6-4-17/h3-6,13-15,21,23-24H,7-12,16H2,1-2H3/t21?,23-,24+,40?/m0/s1. The van der Waals surface area contributed by atoms with Gasteiger partial charge in [0.25, 0.3) is 0 Å². The fraction of sp³-hybridized carbons (Fsp3) is 0.519. The molecule has 0 bridgehead atoms. The average molecular weight is 594 g/mol. The monoisotopic (exact) mass is 593 g/mol. The molecular weight excluding hydrogens is 563 g/mol. The third kappa shape index (κ3) is 6.79. The first-order valence-corrected chi connectivity index (χ1v) is 14.3. The Morgan fingerprint density at radius 3 is 1.98 bits per heavy atom. The van der Waals surface area contributed by atoms with E-state index in [2.05, 4.69) is 4.90 Å². The van der Waals surface area contributed by atoms with E-state index in [9.17, 15) is 39.7 Å². The molecule has 2 aliphatic rings. The highest BCUT2D eigenvalue weighted by Gasteiger charge is 2.40. The number of amides is 2. The highest BCUT2D eigenvalue weighted by molar-refractivity contribution is 7.85. The molecule has 13 heteroatoms. The van der Waals surface area contributed by atoms with Crippen molar-refractivity contribution in [1.29, 1.82) is 0 Å². The van der Waals surface area contributed by atoms with E-state index in [0.717, 1.165) is 30.4 Å². The summed E-state index contributed by atoms with van der Waals surface area (Å²) < 4.78 is 106. The van der Waals surface area contributed by atoms with Gasteiger partial charge in [0.2, 0.25) is 0 Å². The van der Waals surface area contributed by atoms with Crippen LogP contribution >= 0.6 is 0 Å².